The lowest BCUT2D eigenvalue weighted by Gasteiger charge is -2.31. The van der Waals surface area contributed by atoms with Gasteiger partial charge in [-0.15, -0.1) is 0 Å². The molecule has 1 aromatic rings. The van der Waals surface area contributed by atoms with E-state index in [0.717, 1.165) is 10.9 Å². The molecule has 2 unspecified atom stereocenters. The van der Waals surface area contributed by atoms with E-state index in [4.69, 9.17) is 5.73 Å². The monoisotopic (exact) mass is 272 g/mol. The van der Waals surface area contributed by atoms with E-state index in [1.807, 2.05) is 26.0 Å². The van der Waals surface area contributed by atoms with E-state index in [2.05, 4.69) is 20.9 Å². The zero-order chi connectivity index (χ0) is 11.5. The van der Waals surface area contributed by atoms with Crippen molar-refractivity contribution in [2.75, 3.05) is 6.54 Å². The van der Waals surface area contributed by atoms with Crippen molar-refractivity contribution in [1.29, 1.82) is 0 Å². The summed E-state index contributed by atoms with van der Waals surface area (Å²) in [5.74, 6) is 0. The molecule has 0 aliphatic heterocycles. The molecule has 4 heteroatoms. The van der Waals surface area contributed by atoms with E-state index >= 15 is 0 Å². The Kier molecular flexibility index (Phi) is 4.25. The van der Waals surface area contributed by atoms with Gasteiger partial charge in [-0.2, -0.15) is 0 Å². The van der Waals surface area contributed by atoms with Crippen LogP contribution in [0.15, 0.2) is 22.8 Å². The van der Waals surface area contributed by atoms with Crippen LogP contribution in [0.1, 0.15) is 32.1 Å². The lowest BCUT2D eigenvalue weighted by Crippen LogP contribution is -2.33. The van der Waals surface area contributed by atoms with Gasteiger partial charge in [0.15, 0.2) is 0 Å². The van der Waals surface area contributed by atoms with Crippen molar-refractivity contribution in [2.24, 2.45) is 11.1 Å². The Balaban J connectivity index is 2.92. The van der Waals surface area contributed by atoms with Gasteiger partial charge in [-0.1, -0.05) is 13.8 Å². The minimum atomic E-state index is -0.611. The second kappa shape index (κ2) is 5.05. The second-order valence-corrected chi connectivity index (χ2v) is 4.93. The SMILES string of the molecule is CCC(C)(CN)C(O)c1ccc(Br)cn1. The van der Waals surface area contributed by atoms with Crippen LogP contribution in [0, 0.1) is 5.41 Å². The number of aromatic nitrogens is 1. The van der Waals surface area contributed by atoms with Crippen molar-refractivity contribution >= 4 is 15.9 Å². The lowest BCUT2D eigenvalue weighted by molar-refractivity contribution is 0.0357. The largest absolute Gasteiger partial charge is 0.386 e. The van der Waals surface area contributed by atoms with Gasteiger partial charge in [-0.05, 0) is 34.5 Å². The highest BCUT2D eigenvalue weighted by Crippen LogP contribution is 2.34. The fourth-order valence-electron chi connectivity index (χ4n) is 1.36. The highest BCUT2D eigenvalue weighted by molar-refractivity contribution is 9.10. The Hall–Kier alpha value is -0.450. The van der Waals surface area contributed by atoms with E-state index < -0.39 is 6.10 Å². The third-order valence-electron chi connectivity index (χ3n) is 2.96. The van der Waals surface area contributed by atoms with Gasteiger partial charge in [0.05, 0.1) is 5.69 Å². The van der Waals surface area contributed by atoms with Crippen LogP contribution in [-0.4, -0.2) is 16.6 Å². The Labute approximate surface area is 98.8 Å². The van der Waals surface area contributed by atoms with Crippen molar-refractivity contribution in [3.05, 3.63) is 28.5 Å². The maximum absolute atomic E-state index is 10.2. The predicted octanol–water partition coefficient (Wildman–Crippen LogP) is 2.25. The summed E-state index contributed by atoms with van der Waals surface area (Å²) in [5.41, 5.74) is 6.06. The van der Waals surface area contributed by atoms with Crippen LogP contribution in [-0.2, 0) is 0 Å². The van der Waals surface area contributed by atoms with Crippen LogP contribution in [0.3, 0.4) is 0 Å². The van der Waals surface area contributed by atoms with Gasteiger partial charge >= 0.3 is 0 Å². The molecule has 84 valence electrons. The minimum Gasteiger partial charge on any atom is -0.386 e. The zero-order valence-electron chi connectivity index (χ0n) is 9.07. The van der Waals surface area contributed by atoms with Gasteiger partial charge in [0.1, 0.15) is 6.10 Å². The highest BCUT2D eigenvalue weighted by Gasteiger charge is 2.31. The standard InChI is InChI=1S/C11H17BrN2O/c1-3-11(2,7-13)10(15)9-5-4-8(12)6-14-9/h4-6,10,15H,3,7,13H2,1-2H3. The Morgan fingerprint density at radius 3 is 2.67 bits per heavy atom. The molecule has 0 aromatic carbocycles. The van der Waals surface area contributed by atoms with Crippen molar-refractivity contribution in [3.8, 4) is 0 Å². The van der Waals surface area contributed by atoms with Gasteiger partial charge in [-0.25, -0.2) is 0 Å². The first-order chi connectivity index (χ1) is 7.03. The topological polar surface area (TPSA) is 59.1 Å². The normalized spacial score (nSPS) is 17.1. The van der Waals surface area contributed by atoms with Gasteiger partial charge in [0.25, 0.3) is 0 Å². The summed E-state index contributed by atoms with van der Waals surface area (Å²) in [7, 11) is 0. The summed E-state index contributed by atoms with van der Waals surface area (Å²) < 4.78 is 0.907. The molecule has 1 aromatic heterocycles. The van der Waals surface area contributed by atoms with Crippen LogP contribution in [0.2, 0.25) is 0 Å². The van der Waals surface area contributed by atoms with E-state index in [1.54, 1.807) is 6.20 Å². The molecular weight excluding hydrogens is 256 g/mol. The van der Waals surface area contributed by atoms with E-state index in [1.165, 1.54) is 0 Å². The number of aliphatic hydroxyl groups is 1. The third-order valence-corrected chi connectivity index (χ3v) is 3.43. The second-order valence-electron chi connectivity index (χ2n) is 4.02. The fraction of sp³-hybridized carbons (Fsp3) is 0.545. The van der Waals surface area contributed by atoms with Crippen LogP contribution in [0.5, 0.6) is 0 Å². The van der Waals surface area contributed by atoms with E-state index in [-0.39, 0.29) is 5.41 Å². The van der Waals surface area contributed by atoms with Crippen LogP contribution in [0.25, 0.3) is 0 Å². The highest BCUT2D eigenvalue weighted by atomic mass is 79.9. The summed E-state index contributed by atoms with van der Waals surface area (Å²) in [6.45, 7) is 4.44. The Morgan fingerprint density at radius 2 is 2.27 bits per heavy atom. The summed E-state index contributed by atoms with van der Waals surface area (Å²) >= 11 is 3.31. The number of rotatable bonds is 4. The molecule has 0 spiro atoms. The van der Waals surface area contributed by atoms with Gasteiger partial charge in [0.2, 0.25) is 0 Å². The van der Waals surface area contributed by atoms with Gasteiger partial charge in [0, 0.05) is 22.6 Å². The first kappa shape index (κ1) is 12.6. The fourth-order valence-corrected chi connectivity index (χ4v) is 1.59. The Bertz CT molecular complexity index is 309. The molecule has 0 aliphatic carbocycles. The number of nitrogens with zero attached hydrogens (tertiary/aromatic N) is 1. The third kappa shape index (κ3) is 2.77. The number of hydrogen-bond acceptors (Lipinski definition) is 3. The van der Waals surface area contributed by atoms with Crippen LogP contribution in [0.4, 0.5) is 0 Å². The molecule has 3 N–H and O–H groups in total. The number of hydrogen-bond donors (Lipinski definition) is 2. The predicted molar refractivity (Wildman–Crippen MR) is 64.3 cm³/mol. The van der Waals surface area contributed by atoms with Crippen LogP contribution >= 0.6 is 15.9 Å². The number of pyridine rings is 1. The zero-order valence-corrected chi connectivity index (χ0v) is 10.7. The van der Waals surface area contributed by atoms with Crippen molar-refractivity contribution in [2.45, 2.75) is 26.4 Å². The maximum Gasteiger partial charge on any atom is 0.102 e. The molecular formula is C11H17BrN2O. The van der Waals surface area contributed by atoms with Gasteiger partial charge in [-0.3, -0.25) is 4.98 Å². The summed E-state index contributed by atoms with van der Waals surface area (Å²) in [4.78, 5) is 4.19. The Morgan fingerprint density at radius 1 is 1.60 bits per heavy atom. The molecule has 1 rings (SSSR count). The molecule has 1 heterocycles. The van der Waals surface area contributed by atoms with Crippen LogP contribution < -0.4 is 5.73 Å². The van der Waals surface area contributed by atoms with Crippen molar-refractivity contribution < 1.29 is 5.11 Å². The minimum absolute atomic E-state index is 0.305. The molecule has 0 amide bonds. The molecule has 15 heavy (non-hydrogen) atoms. The number of nitrogens with two attached hydrogens (primary N) is 1. The van der Waals surface area contributed by atoms with Crippen molar-refractivity contribution in [3.63, 3.8) is 0 Å². The molecule has 0 fully saturated rings. The summed E-state index contributed by atoms with van der Waals surface area (Å²) in [5, 5.41) is 10.2. The summed E-state index contributed by atoms with van der Waals surface area (Å²) in [6.07, 6.45) is 1.90. The molecule has 3 nitrogen and oxygen atoms in total. The van der Waals surface area contributed by atoms with Crippen molar-refractivity contribution in [1.82, 2.24) is 4.98 Å². The molecule has 0 radical (unpaired) electrons. The number of aliphatic hydroxyl groups excluding tert-OH is 1. The average Bonchev–Trinajstić information content (AvgIpc) is 2.28. The smallest absolute Gasteiger partial charge is 0.102 e. The molecule has 0 saturated carbocycles. The van der Waals surface area contributed by atoms with E-state index in [9.17, 15) is 5.11 Å². The molecule has 0 saturated heterocycles. The maximum atomic E-state index is 10.2. The van der Waals surface area contributed by atoms with E-state index in [0.29, 0.717) is 12.2 Å². The van der Waals surface area contributed by atoms with Gasteiger partial charge < -0.3 is 10.8 Å². The quantitative estimate of drug-likeness (QED) is 0.884. The molecule has 2 atom stereocenters. The summed E-state index contributed by atoms with van der Waals surface area (Å²) in [6, 6.07) is 3.69. The molecule has 0 aliphatic rings. The molecule has 0 bridgehead atoms. The average molecular weight is 273 g/mol. The first-order valence-corrected chi connectivity index (χ1v) is 5.82. The first-order valence-electron chi connectivity index (χ1n) is 5.03. The lowest BCUT2D eigenvalue weighted by atomic mass is 9.80. The number of halogens is 1.